The van der Waals surface area contributed by atoms with Crippen LogP contribution in [0.4, 0.5) is 4.79 Å². The summed E-state index contributed by atoms with van der Waals surface area (Å²) in [7, 11) is 0. The van der Waals surface area contributed by atoms with E-state index in [1.165, 1.54) is 0 Å². The Morgan fingerprint density at radius 2 is 1.85 bits per heavy atom. The number of aliphatic carboxylic acids is 1. The molecule has 0 spiro atoms. The van der Waals surface area contributed by atoms with Crippen LogP contribution in [0.3, 0.4) is 0 Å². The second-order valence-electron chi connectivity index (χ2n) is 6.86. The van der Waals surface area contributed by atoms with Crippen LogP contribution in [0.2, 0.25) is 0 Å². The Labute approximate surface area is 120 Å². The molecule has 0 aromatic carbocycles. The Bertz CT molecular complexity index is 399. The van der Waals surface area contributed by atoms with E-state index < -0.39 is 11.4 Å². The van der Waals surface area contributed by atoms with Gasteiger partial charge in [0.05, 0.1) is 5.41 Å². The lowest BCUT2D eigenvalue weighted by molar-refractivity contribution is -0.150. The van der Waals surface area contributed by atoms with E-state index in [1.807, 2.05) is 4.90 Å². The molecule has 2 heterocycles. The van der Waals surface area contributed by atoms with Gasteiger partial charge in [-0.1, -0.05) is 13.8 Å². The molecular formula is C15H26N2O3. The van der Waals surface area contributed by atoms with Crippen LogP contribution in [0, 0.1) is 17.3 Å². The van der Waals surface area contributed by atoms with Crippen LogP contribution in [0.25, 0.3) is 0 Å². The Hall–Kier alpha value is -1.26. The number of carbonyl (C=O) groups is 2. The van der Waals surface area contributed by atoms with E-state index in [-0.39, 0.29) is 6.03 Å². The zero-order valence-corrected chi connectivity index (χ0v) is 12.8. The third kappa shape index (κ3) is 2.91. The SMILES string of the molecule is CC1CCN(C(=O)N2CCCC(C)(C(=O)O)C2)CC1C. The van der Waals surface area contributed by atoms with Crippen LogP contribution < -0.4 is 0 Å². The fraction of sp³-hybridized carbons (Fsp3) is 0.867. The molecule has 5 heteroatoms. The summed E-state index contributed by atoms with van der Waals surface area (Å²) in [5, 5.41) is 9.33. The molecular weight excluding hydrogens is 256 g/mol. The van der Waals surface area contributed by atoms with Gasteiger partial charge >= 0.3 is 12.0 Å². The predicted octanol–water partition coefficient (Wildman–Crippen LogP) is 2.27. The second kappa shape index (κ2) is 5.62. The highest BCUT2D eigenvalue weighted by Gasteiger charge is 2.40. The van der Waals surface area contributed by atoms with Crippen LogP contribution in [0.1, 0.15) is 40.0 Å². The maximum atomic E-state index is 12.6. The second-order valence-corrected chi connectivity index (χ2v) is 6.86. The van der Waals surface area contributed by atoms with Crippen LogP contribution in [0.5, 0.6) is 0 Å². The molecule has 0 aliphatic carbocycles. The first-order chi connectivity index (χ1) is 9.33. The van der Waals surface area contributed by atoms with Gasteiger partial charge < -0.3 is 14.9 Å². The summed E-state index contributed by atoms with van der Waals surface area (Å²) in [6, 6.07) is 0.0240. The van der Waals surface area contributed by atoms with Crippen molar-refractivity contribution in [2.24, 2.45) is 17.3 Å². The summed E-state index contributed by atoms with van der Waals surface area (Å²) in [6.07, 6.45) is 2.46. The van der Waals surface area contributed by atoms with Crippen LogP contribution in [-0.4, -0.2) is 53.1 Å². The van der Waals surface area contributed by atoms with Crippen molar-refractivity contribution >= 4 is 12.0 Å². The number of carbonyl (C=O) groups excluding carboxylic acids is 1. The quantitative estimate of drug-likeness (QED) is 0.802. The summed E-state index contributed by atoms with van der Waals surface area (Å²) in [5.41, 5.74) is -0.789. The first kappa shape index (κ1) is 15.1. The minimum absolute atomic E-state index is 0.0240. The van der Waals surface area contributed by atoms with Gasteiger partial charge in [-0.05, 0) is 38.0 Å². The largest absolute Gasteiger partial charge is 0.481 e. The zero-order valence-electron chi connectivity index (χ0n) is 12.8. The van der Waals surface area contributed by atoms with E-state index in [9.17, 15) is 14.7 Å². The van der Waals surface area contributed by atoms with Crippen LogP contribution in [-0.2, 0) is 4.79 Å². The predicted molar refractivity (Wildman–Crippen MR) is 76.5 cm³/mol. The smallest absolute Gasteiger partial charge is 0.320 e. The number of carboxylic acids is 1. The molecule has 2 fully saturated rings. The summed E-state index contributed by atoms with van der Waals surface area (Å²) in [6.45, 7) is 8.76. The highest BCUT2D eigenvalue weighted by molar-refractivity contribution is 5.78. The Balaban J connectivity index is 2.00. The number of nitrogens with zero attached hydrogens (tertiary/aromatic N) is 2. The van der Waals surface area contributed by atoms with Crippen molar-refractivity contribution in [2.45, 2.75) is 40.0 Å². The molecule has 1 N–H and O–H groups in total. The van der Waals surface area contributed by atoms with Crippen LogP contribution in [0.15, 0.2) is 0 Å². The van der Waals surface area contributed by atoms with Crippen molar-refractivity contribution in [3.63, 3.8) is 0 Å². The summed E-state index contributed by atoms with van der Waals surface area (Å²) in [4.78, 5) is 27.6. The lowest BCUT2D eigenvalue weighted by Crippen LogP contribution is -2.54. The fourth-order valence-corrected chi connectivity index (χ4v) is 3.21. The Morgan fingerprint density at radius 3 is 2.45 bits per heavy atom. The van der Waals surface area contributed by atoms with Crippen molar-refractivity contribution in [3.05, 3.63) is 0 Å². The molecule has 0 bridgehead atoms. The minimum atomic E-state index is -0.796. The monoisotopic (exact) mass is 282 g/mol. The van der Waals surface area contributed by atoms with Gasteiger partial charge in [-0.2, -0.15) is 0 Å². The van der Waals surface area contributed by atoms with Gasteiger partial charge in [0.2, 0.25) is 0 Å². The van der Waals surface area contributed by atoms with Crippen LogP contribution >= 0.6 is 0 Å². The number of hydrogen-bond acceptors (Lipinski definition) is 2. The Kier molecular flexibility index (Phi) is 4.25. The van der Waals surface area contributed by atoms with E-state index in [1.54, 1.807) is 11.8 Å². The lowest BCUT2D eigenvalue weighted by Gasteiger charge is -2.42. The van der Waals surface area contributed by atoms with Crippen molar-refractivity contribution in [1.82, 2.24) is 9.80 Å². The number of likely N-dealkylation sites (tertiary alicyclic amines) is 2. The summed E-state index contributed by atoms with van der Waals surface area (Å²) < 4.78 is 0. The molecule has 2 aliphatic heterocycles. The topological polar surface area (TPSA) is 60.9 Å². The molecule has 2 rings (SSSR count). The average molecular weight is 282 g/mol. The molecule has 0 aromatic heterocycles. The number of amides is 2. The van der Waals surface area contributed by atoms with E-state index in [0.29, 0.717) is 31.3 Å². The molecule has 0 radical (unpaired) electrons. The van der Waals surface area contributed by atoms with Gasteiger partial charge in [0.25, 0.3) is 0 Å². The maximum absolute atomic E-state index is 12.6. The maximum Gasteiger partial charge on any atom is 0.320 e. The van der Waals surface area contributed by atoms with E-state index in [0.717, 1.165) is 25.9 Å². The van der Waals surface area contributed by atoms with Gasteiger partial charge in [0.1, 0.15) is 0 Å². The van der Waals surface area contributed by atoms with E-state index in [4.69, 9.17) is 0 Å². The van der Waals surface area contributed by atoms with E-state index in [2.05, 4.69) is 13.8 Å². The first-order valence-electron chi connectivity index (χ1n) is 7.61. The van der Waals surface area contributed by atoms with Crippen molar-refractivity contribution in [3.8, 4) is 0 Å². The normalized spacial score (nSPS) is 35.0. The summed E-state index contributed by atoms with van der Waals surface area (Å²) in [5.74, 6) is 0.378. The molecule has 2 amide bonds. The van der Waals surface area contributed by atoms with Gasteiger partial charge in [-0.15, -0.1) is 0 Å². The number of carboxylic acid groups (broad SMARTS) is 1. The van der Waals surface area contributed by atoms with Gasteiger partial charge in [-0.25, -0.2) is 4.79 Å². The standard InChI is InChI=1S/C15H26N2O3/c1-11-5-8-16(9-12(11)2)14(20)17-7-4-6-15(3,10-17)13(18)19/h11-12H,4-10H2,1-3H3,(H,18,19). The molecule has 0 saturated carbocycles. The fourth-order valence-electron chi connectivity index (χ4n) is 3.21. The number of urea groups is 1. The number of rotatable bonds is 1. The molecule has 5 nitrogen and oxygen atoms in total. The first-order valence-corrected chi connectivity index (χ1v) is 7.61. The van der Waals surface area contributed by atoms with Crippen molar-refractivity contribution in [2.75, 3.05) is 26.2 Å². The molecule has 0 aromatic rings. The third-order valence-electron chi connectivity index (χ3n) is 5.09. The van der Waals surface area contributed by atoms with Gasteiger partial charge in [0, 0.05) is 26.2 Å². The average Bonchev–Trinajstić information content (AvgIpc) is 2.41. The van der Waals surface area contributed by atoms with E-state index >= 15 is 0 Å². The molecule has 114 valence electrons. The molecule has 2 saturated heterocycles. The van der Waals surface area contributed by atoms with Crippen molar-refractivity contribution < 1.29 is 14.7 Å². The molecule has 2 aliphatic rings. The highest BCUT2D eigenvalue weighted by Crippen LogP contribution is 2.31. The minimum Gasteiger partial charge on any atom is -0.481 e. The summed E-state index contributed by atoms with van der Waals surface area (Å²) >= 11 is 0. The highest BCUT2D eigenvalue weighted by atomic mass is 16.4. The molecule has 3 atom stereocenters. The van der Waals surface area contributed by atoms with Gasteiger partial charge in [0.15, 0.2) is 0 Å². The third-order valence-corrected chi connectivity index (χ3v) is 5.09. The number of hydrogen-bond donors (Lipinski definition) is 1. The molecule has 3 unspecified atom stereocenters. The lowest BCUT2D eigenvalue weighted by atomic mass is 9.82. The molecule has 20 heavy (non-hydrogen) atoms. The number of piperidine rings is 2. The Morgan fingerprint density at radius 1 is 1.15 bits per heavy atom. The zero-order chi connectivity index (χ0) is 14.9. The van der Waals surface area contributed by atoms with Gasteiger partial charge in [-0.3, -0.25) is 4.79 Å². The van der Waals surface area contributed by atoms with Crippen molar-refractivity contribution in [1.29, 1.82) is 0 Å².